The van der Waals surface area contributed by atoms with E-state index in [-0.39, 0.29) is 0 Å². The monoisotopic (exact) mass is 231 g/mol. The molecule has 15 heavy (non-hydrogen) atoms. The Bertz CT molecular complexity index is 167. The molecule has 1 aliphatic heterocycles. The molecule has 1 fully saturated rings. The van der Waals surface area contributed by atoms with E-state index < -0.39 is 0 Å². The number of hydrogen-bond acceptors (Lipinski definition) is 3. The van der Waals surface area contributed by atoms with Crippen molar-refractivity contribution in [1.82, 2.24) is 5.32 Å². The highest BCUT2D eigenvalue weighted by molar-refractivity contribution is 7.99. The second-order valence-corrected chi connectivity index (χ2v) is 6.35. The van der Waals surface area contributed by atoms with Crippen LogP contribution >= 0.6 is 11.8 Å². The van der Waals surface area contributed by atoms with Gasteiger partial charge in [0.15, 0.2) is 0 Å². The van der Waals surface area contributed by atoms with Crippen LogP contribution in [0.5, 0.6) is 0 Å². The number of thioether (sulfide) groups is 1. The van der Waals surface area contributed by atoms with Gasteiger partial charge in [0.1, 0.15) is 0 Å². The Kier molecular flexibility index (Phi) is 6.02. The lowest BCUT2D eigenvalue weighted by atomic mass is 9.89. The molecular weight excluding hydrogens is 206 g/mol. The fourth-order valence-electron chi connectivity index (χ4n) is 1.79. The van der Waals surface area contributed by atoms with Crippen molar-refractivity contribution < 1.29 is 4.74 Å². The van der Waals surface area contributed by atoms with Crippen LogP contribution in [0.3, 0.4) is 0 Å². The molecule has 2 nitrogen and oxygen atoms in total. The summed E-state index contributed by atoms with van der Waals surface area (Å²) in [6, 6.07) is 0.741. The van der Waals surface area contributed by atoms with Crippen molar-refractivity contribution >= 4 is 11.8 Å². The Balaban J connectivity index is 2.15. The highest BCUT2D eigenvalue weighted by Crippen LogP contribution is 2.21. The quantitative estimate of drug-likeness (QED) is 0.759. The molecule has 0 amide bonds. The molecule has 0 aliphatic carbocycles. The van der Waals surface area contributed by atoms with Crippen molar-refractivity contribution in [3.05, 3.63) is 0 Å². The molecule has 1 N–H and O–H groups in total. The van der Waals surface area contributed by atoms with Crippen molar-refractivity contribution in [2.45, 2.75) is 39.2 Å². The Morgan fingerprint density at radius 1 is 1.47 bits per heavy atom. The van der Waals surface area contributed by atoms with Gasteiger partial charge in [0, 0.05) is 32.1 Å². The van der Waals surface area contributed by atoms with Gasteiger partial charge < -0.3 is 10.1 Å². The lowest BCUT2D eigenvalue weighted by molar-refractivity contribution is 0.149. The van der Waals surface area contributed by atoms with Crippen LogP contribution in [-0.4, -0.2) is 37.8 Å². The van der Waals surface area contributed by atoms with Gasteiger partial charge in [-0.15, -0.1) is 0 Å². The van der Waals surface area contributed by atoms with Gasteiger partial charge in [-0.25, -0.2) is 0 Å². The fraction of sp³-hybridized carbons (Fsp3) is 1.00. The van der Waals surface area contributed by atoms with E-state index in [0.717, 1.165) is 25.6 Å². The van der Waals surface area contributed by atoms with Crippen molar-refractivity contribution in [3.63, 3.8) is 0 Å². The number of hydrogen-bond donors (Lipinski definition) is 1. The summed E-state index contributed by atoms with van der Waals surface area (Å²) in [7, 11) is 1.78. The maximum absolute atomic E-state index is 5.14. The maximum Gasteiger partial charge on any atom is 0.0467 e. The Morgan fingerprint density at radius 2 is 2.27 bits per heavy atom. The summed E-state index contributed by atoms with van der Waals surface area (Å²) in [4.78, 5) is 0. The smallest absolute Gasteiger partial charge is 0.0467 e. The summed E-state index contributed by atoms with van der Waals surface area (Å²) in [6.07, 6.45) is 3.87. The third-order valence-electron chi connectivity index (χ3n) is 3.01. The largest absolute Gasteiger partial charge is 0.385 e. The van der Waals surface area contributed by atoms with Crippen LogP contribution in [0.2, 0.25) is 0 Å². The number of rotatable bonds is 6. The zero-order valence-corrected chi connectivity index (χ0v) is 11.2. The van der Waals surface area contributed by atoms with Crippen LogP contribution in [0.15, 0.2) is 0 Å². The first kappa shape index (κ1) is 13.3. The standard InChI is InChI=1S/C12H25NOS/c1-12(2,6-7-14-3)10-13-11-5-4-8-15-9-11/h11,13H,4-10H2,1-3H3. The van der Waals surface area contributed by atoms with Crippen LogP contribution in [0.1, 0.15) is 33.1 Å². The number of ether oxygens (including phenoxy) is 1. The molecule has 3 heteroatoms. The van der Waals surface area contributed by atoms with E-state index in [9.17, 15) is 0 Å². The summed E-state index contributed by atoms with van der Waals surface area (Å²) < 4.78 is 5.14. The number of nitrogens with one attached hydrogen (secondary N) is 1. The first-order valence-corrected chi connectivity index (χ1v) is 7.09. The van der Waals surface area contributed by atoms with Crippen LogP contribution in [0, 0.1) is 5.41 Å². The van der Waals surface area contributed by atoms with E-state index >= 15 is 0 Å². The topological polar surface area (TPSA) is 21.3 Å². The molecule has 0 spiro atoms. The minimum absolute atomic E-state index is 0.359. The molecule has 1 aliphatic rings. The van der Waals surface area contributed by atoms with Crippen LogP contribution < -0.4 is 5.32 Å². The molecule has 0 aromatic rings. The van der Waals surface area contributed by atoms with E-state index in [0.29, 0.717) is 5.41 Å². The van der Waals surface area contributed by atoms with Crippen molar-refractivity contribution in [2.24, 2.45) is 5.41 Å². The molecule has 90 valence electrons. The van der Waals surface area contributed by atoms with Gasteiger partial charge in [0.05, 0.1) is 0 Å². The van der Waals surface area contributed by atoms with Gasteiger partial charge in [-0.05, 0) is 30.4 Å². The van der Waals surface area contributed by atoms with Gasteiger partial charge >= 0.3 is 0 Å². The summed E-state index contributed by atoms with van der Waals surface area (Å²) >= 11 is 2.08. The fourth-order valence-corrected chi connectivity index (χ4v) is 2.90. The van der Waals surface area contributed by atoms with E-state index in [2.05, 4.69) is 30.9 Å². The lowest BCUT2D eigenvalue weighted by Gasteiger charge is -2.29. The average molecular weight is 231 g/mol. The Morgan fingerprint density at radius 3 is 2.87 bits per heavy atom. The Labute approximate surface area is 98.5 Å². The van der Waals surface area contributed by atoms with Crippen LogP contribution in [0.25, 0.3) is 0 Å². The summed E-state index contributed by atoms with van der Waals surface area (Å²) in [5.74, 6) is 2.64. The van der Waals surface area contributed by atoms with Gasteiger partial charge in [0.2, 0.25) is 0 Å². The second-order valence-electron chi connectivity index (χ2n) is 5.20. The lowest BCUT2D eigenvalue weighted by Crippen LogP contribution is -2.40. The first-order chi connectivity index (χ1) is 7.14. The van der Waals surface area contributed by atoms with E-state index in [1.54, 1.807) is 7.11 Å². The molecule has 1 heterocycles. The molecule has 1 atom stereocenters. The highest BCUT2D eigenvalue weighted by atomic mass is 32.2. The molecule has 0 radical (unpaired) electrons. The molecule has 0 bridgehead atoms. The summed E-state index contributed by atoms with van der Waals surface area (Å²) in [6.45, 7) is 6.61. The minimum Gasteiger partial charge on any atom is -0.385 e. The van der Waals surface area contributed by atoms with Gasteiger partial charge in [-0.1, -0.05) is 13.8 Å². The van der Waals surface area contributed by atoms with Gasteiger partial charge in [-0.2, -0.15) is 11.8 Å². The van der Waals surface area contributed by atoms with Crippen molar-refractivity contribution in [2.75, 3.05) is 31.8 Å². The predicted molar refractivity (Wildman–Crippen MR) is 68.6 cm³/mol. The third kappa shape index (κ3) is 5.79. The normalized spacial score (nSPS) is 23.0. The second kappa shape index (κ2) is 6.77. The molecule has 0 aromatic carbocycles. The first-order valence-electron chi connectivity index (χ1n) is 5.94. The van der Waals surface area contributed by atoms with Crippen LogP contribution in [0.4, 0.5) is 0 Å². The Hall–Kier alpha value is 0.270. The minimum atomic E-state index is 0.359. The van der Waals surface area contributed by atoms with Crippen LogP contribution in [-0.2, 0) is 4.74 Å². The molecule has 1 saturated heterocycles. The zero-order valence-electron chi connectivity index (χ0n) is 10.3. The zero-order chi connectivity index (χ0) is 11.1. The number of methoxy groups -OCH3 is 1. The predicted octanol–water partition coefficient (Wildman–Crippen LogP) is 2.53. The maximum atomic E-state index is 5.14. The molecule has 0 aromatic heterocycles. The van der Waals surface area contributed by atoms with Crippen molar-refractivity contribution in [1.29, 1.82) is 0 Å². The molecule has 1 unspecified atom stereocenters. The highest BCUT2D eigenvalue weighted by Gasteiger charge is 2.20. The van der Waals surface area contributed by atoms with E-state index in [4.69, 9.17) is 4.74 Å². The third-order valence-corrected chi connectivity index (χ3v) is 4.23. The average Bonchev–Trinajstić information content (AvgIpc) is 2.25. The molecule has 1 rings (SSSR count). The van der Waals surface area contributed by atoms with E-state index in [1.165, 1.54) is 24.3 Å². The van der Waals surface area contributed by atoms with E-state index in [1.807, 2.05) is 0 Å². The van der Waals surface area contributed by atoms with Gasteiger partial charge in [0.25, 0.3) is 0 Å². The summed E-state index contributed by atoms with van der Waals surface area (Å²) in [5, 5.41) is 3.69. The SMILES string of the molecule is COCCC(C)(C)CNC1CCCSC1. The van der Waals surface area contributed by atoms with Gasteiger partial charge in [-0.3, -0.25) is 0 Å². The molecule has 0 saturated carbocycles. The summed E-state index contributed by atoms with van der Waals surface area (Å²) in [5.41, 5.74) is 0.359. The molecular formula is C12H25NOS. The van der Waals surface area contributed by atoms with Crippen molar-refractivity contribution in [3.8, 4) is 0 Å².